The third-order valence-electron chi connectivity index (χ3n) is 5.80. The highest BCUT2D eigenvalue weighted by atomic mass is 16.1. The maximum atomic E-state index is 12.2. The van der Waals surface area contributed by atoms with Crippen LogP contribution in [0.1, 0.15) is 55.4 Å². The fourth-order valence-electron chi connectivity index (χ4n) is 4.21. The van der Waals surface area contributed by atoms with Gasteiger partial charge in [0.25, 0.3) is 5.56 Å². The molecule has 1 aliphatic carbocycles. The molecule has 0 N–H and O–H groups in total. The van der Waals surface area contributed by atoms with Gasteiger partial charge in [0.15, 0.2) is 0 Å². The molecular formula is C18H24N6O. The van der Waals surface area contributed by atoms with Gasteiger partial charge >= 0.3 is 0 Å². The summed E-state index contributed by atoms with van der Waals surface area (Å²) in [4.78, 5) is 14.7. The zero-order chi connectivity index (χ0) is 16.8. The third-order valence-corrected chi connectivity index (χ3v) is 5.80. The summed E-state index contributed by atoms with van der Waals surface area (Å²) in [6.45, 7) is 3.61. The lowest BCUT2D eigenvalue weighted by atomic mass is 10.2. The molecule has 0 spiro atoms. The average molecular weight is 340 g/mol. The van der Waals surface area contributed by atoms with Crippen molar-refractivity contribution >= 4 is 0 Å². The van der Waals surface area contributed by atoms with Gasteiger partial charge in [0.2, 0.25) is 0 Å². The van der Waals surface area contributed by atoms with Crippen LogP contribution in [0.3, 0.4) is 0 Å². The van der Waals surface area contributed by atoms with Crippen molar-refractivity contribution in [2.75, 3.05) is 6.54 Å². The third kappa shape index (κ3) is 2.90. The van der Waals surface area contributed by atoms with Crippen molar-refractivity contribution in [3.8, 4) is 0 Å². The van der Waals surface area contributed by atoms with Crippen molar-refractivity contribution in [3.05, 3.63) is 39.8 Å². The molecule has 2 aliphatic heterocycles. The Labute approximate surface area is 146 Å². The van der Waals surface area contributed by atoms with Crippen molar-refractivity contribution in [3.63, 3.8) is 0 Å². The van der Waals surface area contributed by atoms with Crippen LogP contribution in [-0.4, -0.2) is 42.0 Å². The molecule has 1 saturated heterocycles. The summed E-state index contributed by atoms with van der Waals surface area (Å²) >= 11 is 0. The lowest BCUT2D eigenvalue weighted by molar-refractivity contribution is 0.209. The highest BCUT2D eigenvalue weighted by molar-refractivity contribution is 5.12. The van der Waals surface area contributed by atoms with Crippen molar-refractivity contribution < 1.29 is 0 Å². The number of likely N-dealkylation sites (tertiary alicyclic amines) is 1. The normalized spacial score (nSPS) is 23.3. The summed E-state index contributed by atoms with van der Waals surface area (Å²) in [5, 5.41) is 13.3. The Hall–Kier alpha value is -2.02. The van der Waals surface area contributed by atoms with Gasteiger partial charge in [-0.05, 0) is 44.7 Å². The van der Waals surface area contributed by atoms with Gasteiger partial charge in [0.05, 0.1) is 18.8 Å². The Morgan fingerprint density at radius 2 is 2.00 bits per heavy atom. The monoisotopic (exact) mass is 340 g/mol. The van der Waals surface area contributed by atoms with E-state index < -0.39 is 0 Å². The van der Waals surface area contributed by atoms with E-state index in [-0.39, 0.29) is 5.56 Å². The molecule has 0 amide bonds. The predicted octanol–water partition coefficient (Wildman–Crippen LogP) is 1.32. The summed E-state index contributed by atoms with van der Waals surface area (Å²) in [5.41, 5.74) is 1.10. The van der Waals surface area contributed by atoms with Gasteiger partial charge in [-0.25, -0.2) is 4.68 Å². The molecule has 5 rings (SSSR count). The van der Waals surface area contributed by atoms with E-state index in [2.05, 4.69) is 24.8 Å². The van der Waals surface area contributed by atoms with Gasteiger partial charge in [-0.2, -0.15) is 5.10 Å². The number of nitrogens with zero attached hydrogens (tertiary/aromatic N) is 6. The fourth-order valence-corrected chi connectivity index (χ4v) is 4.21. The predicted molar refractivity (Wildman–Crippen MR) is 92.2 cm³/mol. The van der Waals surface area contributed by atoms with E-state index in [0.717, 1.165) is 49.8 Å². The van der Waals surface area contributed by atoms with Gasteiger partial charge in [0, 0.05) is 31.0 Å². The molecule has 3 aliphatic rings. The second kappa shape index (κ2) is 6.05. The first-order valence-electron chi connectivity index (χ1n) is 9.51. The average Bonchev–Trinajstić information content (AvgIpc) is 3.01. The van der Waals surface area contributed by atoms with Crippen LogP contribution in [0, 0.1) is 0 Å². The van der Waals surface area contributed by atoms with Crippen molar-refractivity contribution in [2.24, 2.45) is 0 Å². The number of fused-ring (bicyclic) bond motifs is 1. The molecule has 132 valence electrons. The largest absolute Gasteiger partial charge is 0.314 e. The van der Waals surface area contributed by atoms with Crippen LogP contribution in [0.25, 0.3) is 0 Å². The van der Waals surface area contributed by atoms with E-state index in [1.807, 2.05) is 6.07 Å². The molecule has 0 radical (unpaired) electrons. The first kappa shape index (κ1) is 15.3. The highest BCUT2D eigenvalue weighted by Gasteiger charge is 2.29. The van der Waals surface area contributed by atoms with E-state index >= 15 is 0 Å². The summed E-state index contributed by atoms with van der Waals surface area (Å²) in [6.07, 6.45) is 6.92. The van der Waals surface area contributed by atoms with Crippen LogP contribution in [0.5, 0.6) is 0 Å². The zero-order valence-electron chi connectivity index (χ0n) is 14.5. The van der Waals surface area contributed by atoms with E-state index in [4.69, 9.17) is 0 Å². The first-order chi connectivity index (χ1) is 12.3. The van der Waals surface area contributed by atoms with Gasteiger partial charge in [-0.3, -0.25) is 9.69 Å². The second-order valence-electron chi connectivity index (χ2n) is 7.61. The lowest BCUT2D eigenvalue weighted by Gasteiger charge is -2.24. The van der Waals surface area contributed by atoms with Gasteiger partial charge in [-0.15, -0.1) is 10.2 Å². The highest BCUT2D eigenvalue weighted by Crippen LogP contribution is 2.38. The summed E-state index contributed by atoms with van der Waals surface area (Å²) in [5.74, 6) is 2.78. The minimum Gasteiger partial charge on any atom is -0.314 e. The minimum absolute atomic E-state index is 0.0135. The second-order valence-corrected chi connectivity index (χ2v) is 7.61. The molecule has 0 bridgehead atoms. The molecule has 25 heavy (non-hydrogen) atoms. The van der Waals surface area contributed by atoms with E-state index in [0.29, 0.717) is 18.5 Å². The minimum atomic E-state index is 0.0135. The van der Waals surface area contributed by atoms with Crippen LogP contribution in [0.2, 0.25) is 0 Å². The standard InChI is InChI=1S/C18H24N6O/c25-18-8-7-15(13-5-6-13)21-24(18)11-14-3-1-9-22(14)12-17-20-19-16-4-2-10-23(16)17/h7-8,13-14H,1-6,9-12H2. The number of hydrogen-bond acceptors (Lipinski definition) is 5. The lowest BCUT2D eigenvalue weighted by Crippen LogP contribution is -2.37. The quantitative estimate of drug-likeness (QED) is 0.821. The Balaban J connectivity index is 1.33. The molecule has 7 heteroatoms. The molecule has 2 aromatic rings. The van der Waals surface area contributed by atoms with E-state index in [9.17, 15) is 4.79 Å². The summed E-state index contributed by atoms with van der Waals surface area (Å²) in [6, 6.07) is 3.95. The zero-order valence-corrected chi connectivity index (χ0v) is 14.5. The fraction of sp³-hybridized carbons (Fsp3) is 0.667. The van der Waals surface area contributed by atoms with Crippen LogP contribution in [0.4, 0.5) is 0 Å². The molecule has 7 nitrogen and oxygen atoms in total. The Bertz CT molecular complexity index is 836. The maximum absolute atomic E-state index is 12.2. The van der Waals surface area contributed by atoms with Crippen LogP contribution < -0.4 is 5.56 Å². The van der Waals surface area contributed by atoms with E-state index in [1.165, 1.54) is 25.7 Å². The molecule has 4 heterocycles. The van der Waals surface area contributed by atoms with Crippen molar-refractivity contribution in [2.45, 2.75) is 70.1 Å². The SMILES string of the molecule is O=c1ccc(C2CC2)nn1CC1CCCN1Cc1nnc2n1CCC2. The summed E-state index contributed by atoms with van der Waals surface area (Å²) in [7, 11) is 0. The van der Waals surface area contributed by atoms with Gasteiger partial charge in [-0.1, -0.05) is 0 Å². The Morgan fingerprint density at radius 3 is 2.88 bits per heavy atom. The number of rotatable bonds is 5. The van der Waals surface area contributed by atoms with Gasteiger partial charge in [0.1, 0.15) is 11.6 Å². The molecule has 1 atom stereocenters. The van der Waals surface area contributed by atoms with Crippen LogP contribution in [0.15, 0.2) is 16.9 Å². The van der Waals surface area contributed by atoms with Crippen LogP contribution in [-0.2, 0) is 26.1 Å². The van der Waals surface area contributed by atoms with Crippen molar-refractivity contribution in [1.29, 1.82) is 0 Å². The summed E-state index contributed by atoms with van der Waals surface area (Å²) < 4.78 is 3.96. The number of aryl methyl sites for hydroxylation is 1. The van der Waals surface area contributed by atoms with Crippen LogP contribution >= 0.6 is 0 Å². The first-order valence-corrected chi connectivity index (χ1v) is 9.51. The molecule has 1 saturated carbocycles. The Kier molecular flexibility index (Phi) is 3.69. The number of aromatic nitrogens is 5. The smallest absolute Gasteiger partial charge is 0.266 e. The van der Waals surface area contributed by atoms with Crippen molar-refractivity contribution in [1.82, 2.24) is 29.4 Å². The maximum Gasteiger partial charge on any atom is 0.266 e. The molecule has 2 aromatic heterocycles. The van der Waals surface area contributed by atoms with E-state index in [1.54, 1.807) is 10.7 Å². The number of hydrogen-bond donors (Lipinski definition) is 0. The molecule has 1 unspecified atom stereocenters. The van der Waals surface area contributed by atoms with Gasteiger partial charge < -0.3 is 4.57 Å². The topological polar surface area (TPSA) is 68.8 Å². The molecule has 2 fully saturated rings. The Morgan fingerprint density at radius 1 is 1.08 bits per heavy atom. The molecular weight excluding hydrogens is 316 g/mol. The molecule has 0 aromatic carbocycles.